The van der Waals surface area contributed by atoms with E-state index in [0.717, 1.165) is 0 Å². The van der Waals surface area contributed by atoms with Gasteiger partial charge in [0.05, 0.1) is 12.8 Å². The minimum Gasteiger partial charge on any atom is -0.481 e. The molecule has 0 aliphatic rings. The molecule has 0 fully saturated rings. The van der Waals surface area contributed by atoms with Crippen molar-refractivity contribution in [3.63, 3.8) is 0 Å². The number of pyridine rings is 1. The van der Waals surface area contributed by atoms with Gasteiger partial charge in [-0.3, -0.25) is 0 Å². The van der Waals surface area contributed by atoms with Gasteiger partial charge in [-0.1, -0.05) is 0 Å². The molecule has 17 heavy (non-hydrogen) atoms. The van der Waals surface area contributed by atoms with Crippen molar-refractivity contribution < 1.29 is 9.13 Å². The van der Waals surface area contributed by atoms with Crippen LogP contribution in [0.5, 0.6) is 5.88 Å². The molecule has 1 heterocycles. The lowest BCUT2D eigenvalue weighted by atomic mass is 10.3. The van der Waals surface area contributed by atoms with Crippen molar-refractivity contribution in [3.8, 4) is 5.88 Å². The fraction of sp³-hybridized carbons (Fsp3) is 0.0833. The number of benzene rings is 1. The summed E-state index contributed by atoms with van der Waals surface area (Å²) < 4.78 is 17.7. The molecule has 1 aromatic carbocycles. The quantitative estimate of drug-likeness (QED) is 0.855. The van der Waals surface area contributed by atoms with Gasteiger partial charge >= 0.3 is 0 Å². The summed E-state index contributed by atoms with van der Waals surface area (Å²) in [6.45, 7) is 0. The topological polar surface area (TPSA) is 60.2 Å². The molecule has 0 unspecified atom stereocenters. The Morgan fingerprint density at radius 1 is 1.18 bits per heavy atom. The second kappa shape index (κ2) is 4.69. The zero-order valence-corrected chi connectivity index (χ0v) is 9.27. The van der Waals surface area contributed by atoms with E-state index in [-0.39, 0.29) is 5.82 Å². The van der Waals surface area contributed by atoms with Crippen LogP contribution in [0.15, 0.2) is 36.4 Å². The Morgan fingerprint density at radius 2 is 1.88 bits per heavy atom. The average Bonchev–Trinajstić information content (AvgIpc) is 2.35. The highest BCUT2D eigenvalue weighted by Crippen LogP contribution is 2.23. The van der Waals surface area contributed by atoms with E-state index in [9.17, 15) is 4.39 Å². The van der Waals surface area contributed by atoms with E-state index >= 15 is 0 Å². The number of ether oxygens (including phenoxy) is 1. The normalized spacial score (nSPS) is 10.0. The Hall–Kier alpha value is -2.30. The zero-order chi connectivity index (χ0) is 12.3. The average molecular weight is 233 g/mol. The number of hydrogen-bond donors (Lipinski definition) is 2. The number of nitrogens with zero attached hydrogens (tertiary/aromatic N) is 1. The van der Waals surface area contributed by atoms with Crippen LogP contribution in [-0.2, 0) is 0 Å². The molecule has 0 bridgehead atoms. The molecule has 0 spiro atoms. The van der Waals surface area contributed by atoms with Gasteiger partial charge in [-0.05, 0) is 30.3 Å². The lowest BCUT2D eigenvalue weighted by Crippen LogP contribution is -2.00. The van der Waals surface area contributed by atoms with Gasteiger partial charge < -0.3 is 15.8 Å². The number of halogens is 1. The van der Waals surface area contributed by atoms with Gasteiger partial charge in [-0.15, -0.1) is 0 Å². The van der Waals surface area contributed by atoms with E-state index < -0.39 is 0 Å². The molecule has 0 radical (unpaired) electrons. The molecule has 88 valence electrons. The summed E-state index contributed by atoms with van der Waals surface area (Å²) in [5, 5.41) is 2.99. The molecule has 1 aromatic heterocycles. The van der Waals surface area contributed by atoms with Crippen LogP contribution < -0.4 is 15.8 Å². The molecule has 2 rings (SSSR count). The summed E-state index contributed by atoms with van der Waals surface area (Å²) >= 11 is 0. The summed E-state index contributed by atoms with van der Waals surface area (Å²) in [4.78, 5) is 4.16. The van der Waals surface area contributed by atoms with Gasteiger partial charge in [0, 0.05) is 11.8 Å². The third-order valence-corrected chi connectivity index (χ3v) is 2.22. The summed E-state index contributed by atoms with van der Waals surface area (Å²) in [5.41, 5.74) is 6.97. The van der Waals surface area contributed by atoms with Crippen molar-refractivity contribution in [1.82, 2.24) is 4.98 Å². The van der Waals surface area contributed by atoms with Crippen LogP contribution in [0.1, 0.15) is 0 Å². The van der Waals surface area contributed by atoms with Crippen molar-refractivity contribution in [3.05, 3.63) is 42.2 Å². The van der Waals surface area contributed by atoms with Crippen molar-refractivity contribution in [1.29, 1.82) is 0 Å². The maximum atomic E-state index is 12.7. The summed E-state index contributed by atoms with van der Waals surface area (Å²) in [6.07, 6.45) is 0. The smallest absolute Gasteiger partial charge is 0.215 e. The first kappa shape index (κ1) is 11.2. The van der Waals surface area contributed by atoms with Crippen LogP contribution in [0.4, 0.5) is 21.6 Å². The number of hydrogen-bond acceptors (Lipinski definition) is 4. The minimum atomic E-state index is -0.290. The second-order valence-corrected chi connectivity index (χ2v) is 3.42. The first-order valence-electron chi connectivity index (χ1n) is 5.02. The van der Waals surface area contributed by atoms with E-state index in [1.54, 1.807) is 24.3 Å². The molecule has 0 amide bonds. The lowest BCUT2D eigenvalue weighted by Gasteiger charge is -2.09. The number of nitrogens with one attached hydrogen (secondary N) is 1. The SMILES string of the molecule is COc1ccc(N)c(Nc2ccc(F)cc2)n1. The molecule has 3 N–H and O–H groups in total. The van der Waals surface area contributed by atoms with Crippen molar-refractivity contribution in [2.45, 2.75) is 0 Å². The van der Waals surface area contributed by atoms with Crippen molar-refractivity contribution in [2.24, 2.45) is 0 Å². The Balaban J connectivity index is 2.25. The monoisotopic (exact) mass is 233 g/mol. The predicted octanol–water partition coefficient (Wildman–Crippen LogP) is 2.56. The van der Waals surface area contributed by atoms with Gasteiger partial charge in [0.25, 0.3) is 0 Å². The third kappa shape index (κ3) is 2.63. The van der Waals surface area contributed by atoms with E-state index in [0.29, 0.717) is 23.1 Å². The summed E-state index contributed by atoms with van der Waals surface area (Å²) in [7, 11) is 1.53. The molecule has 4 nitrogen and oxygen atoms in total. The van der Waals surface area contributed by atoms with E-state index in [4.69, 9.17) is 10.5 Å². The minimum absolute atomic E-state index is 0.290. The Bertz CT molecular complexity index is 514. The maximum Gasteiger partial charge on any atom is 0.215 e. The van der Waals surface area contributed by atoms with Crippen LogP contribution in [0.25, 0.3) is 0 Å². The van der Waals surface area contributed by atoms with Crippen molar-refractivity contribution >= 4 is 17.2 Å². The fourth-order valence-corrected chi connectivity index (χ4v) is 1.34. The van der Waals surface area contributed by atoms with Crippen LogP contribution in [0.2, 0.25) is 0 Å². The first-order valence-corrected chi connectivity index (χ1v) is 5.02. The van der Waals surface area contributed by atoms with Gasteiger partial charge in [-0.25, -0.2) is 4.39 Å². The highest BCUT2D eigenvalue weighted by Gasteiger charge is 2.03. The molecule has 2 aromatic rings. The Morgan fingerprint density at radius 3 is 2.53 bits per heavy atom. The van der Waals surface area contributed by atoms with Crippen molar-refractivity contribution in [2.75, 3.05) is 18.2 Å². The fourth-order valence-electron chi connectivity index (χ4n) is 1.34. The maximum absolute atomic E-state index is 12.7. The van der Waals surface area contributed by atoms with E-state index in [1.165, 1.54) is 19.2 Å². The standard InChI is InChI=1S/C12H12FN3O/c1-17-11-7-6-10(14)12(16-11)15-9-4-2-8(13)3-5-9/h2-7H,14H2,1H3,(H,15,16). The summed E-state index contributed by atoms with van der Waals surface area (Å²) in [6, 6.07) is 9.30. The number of anilines is 3. The third-order valence-electron chi connectivity index (χ3n) is 2.22. The van der Waals surface area contributed by atoms with Gasteiger partial charge in [0.1, 0.15) is 5.82 Å². The predicted molar refractivity (Wildman–Crippen MR) is 64.9 cm³/mol. The molecule has 5 heteroatoms. The van der Waals surface area contributed by atoms with Crippen LogP contribution >= 0.6 is 0 Å². The molecule has 0 saturated carbocycles. The molecule has 0 saturated heterocycles. The number of aromatic nitrogens is 1. The second-order valence-electron chi connectivity index (χ2n) is 3.42. The molecule has 0 aliphatic heterocycles. The van der Waals surface area contributed by atoms with E-state index in [2.05, 4.69) is 10.3 Å². The van der Waals surface area contributed by atoms with E-state index in [1.807, 2.05) is 0 Å². The zero-order valence-electron chi connectivity index (χ0n) is 9.27. The number of rotatable bonds is 3. The van der Waals surface area contributed by atoms with Gasteiger partial charge in [0.2, 0.25) is 5.88 Å². The number of nitrogens with two attached hydrogens (primary N) is 1. The highest BCUT2D eigenvalue weighted by atomic mass is 19.1. The van der Waals surface area contributed by atoms with Crippen LogP contribution in [0, 0.1) is 5.82 Å². The van der Waals surface area contributed by atoms with Crippen LogP contribution in [-0.4, -0.2) is 12.1 Å². The Labute approximate surface area is 98.2 Å². The summed E-state index contributed by atoms with van der Waals surface area (Å²) in [5.74, 6) is 0.655. The molecular formula is C12H12FN3O. The van der Waals surface area contributed by atoms with Gasteiger partial charge in [-0.2, -0.15) is 4.98 Å². The van der Waals surface area contributed by atoms with Crippen LogP contribution in [0.3, 0.4) is 0 Å². The molecule has 0 atom stereocenters. The Kier molecular flexibility index (Phi) is 3.09. The molecule has 0 aliphatic carbocycles. The largest absolute Gasteiger partial charge is 0.481 e. The number of nitrogen functional groups attached to an aromatic ring is 1. The molecular weight excluding hydrogens is 221 g/mol. The highest BCUT2D eigenvalue weighted by molar-refractivity contribution is 5.69. The lowest BCUT2D eigenvalue weighted by molar-refractivity contribution is 0.398. The first-order chi connectivity index (χ1) is 8.19. The van der Waals surface area contributed by atoms with Gasteiger partial charge in [0.15, 0.2) is 5.82 Å². The number of methoxy groups -OCH3 is 1.